The van der Waals surface area contributed by atoms with Crippen molar-refractivity contribution in [3.8, 4) is 11.5 Å². The first-order chi connectivity index (χ1) is 24.5. The highest BCUT2D eigenvalue weighted by atomic mass is 35.5. The second-order valence-electron chi connectivity index (χ2n) is 11.5. The molecule has 0 bridgehead atoms. The number of rotatable bonds is 0. The number of ketones is 4. The fraction of sp³-hybridized carbons (Fsp3) is 0.410. The lowest BCUT2D eigenvalue weighted by molar-refractivity contribution is -0.255. The summed E-state index contributed by atoms with van der Waals surface area (Å²) in [5.74, 6) is -2.07. The topological polar surface area (TPSA) is 231 Å². The van der Waals surface area contributed by atoms with E-state index in [4.69, 9.17) is 0 Å². The highest BCUT2D eigenvalue weighted by molar-refractivity contribution is 6.62. The molecule has 2 aliphatic carbocycles. The summed E-state index contributed by atoms with van der Waals surface area (Å²) in [6.45, 7) is 23.0. The van der Waals surface area contributed by atoms with Crippen molar-refractivity contribution in [3.63, 3.8) is 0 Å². The fourth-order valence-electron chi connectivity index (χ4n) is 3.55. The molecule has 0 aliphatic heterocycles. The quantitative estimate of drug-likeness (QED) is 0.0912. The van der Waals surface area contributed by atoms with E-state index in [0.717, 1.165) is 38.8 Å². The molecule has 0 fully saturated rings. The maximum absolute atomic E-state index is 11.4. The van der Waals surface area contributed by atoms with Crippen LogP contribution in [0.3, 0.4) is 0 Å². The van der Waals surface area contributed by atoms with Gasteiger partial charge in [-0.25, -0.2) is 38.7 Å². The fourth-order valence-corrected chi connectivity index (χ4v) is 3.55. The van der Waals surface area contributed by atoms with E-state index in [1.807, 2.05) is 0 Å². The van der Waals surface area contributed by atoms with Gasteiger partial charge in [0.05, 0.1) is 0 Å². The molecule has 0 aromatic heterocycles. The van der Waals surface area contributed by atoms with Crippen LogP contribution in [-0.4, -0.2) is 62.5 Å². The molecule has 16 heteroatoms. The molecule has 2 N–H and O–H groups in total. The molecule has 0 atom stereocenters. The Hall–Kier alpha value is -5.70. The molecule has 0 amide bonds. The van der Waals surface area contributed by atoms with Crippen LogP contribution in [0.1, 0.15) is 107 Å². The number of benzene rings is 1. The molecule has 15 nitrogen and oxygen atoms in total. The molecule has 306 valence electrons. The smallest absolute Gasteiger partial charge is 0.352 e. The van der Waals surface area contributed by atoms with Crippen molar-refractivity contribution in [2.24, 2.45) is 0 Å². The Balaban J connectivity index is -0.000000290. The van der Waals surface area contributed by atoms with Crippen LogP contribution in [0.15, 0.2) is 51.2 Å². The van der Waals surface area contributed by atoms with Gasteiger partial charge in [-0.1, -0.05) is 7.43 Å². The number of carbonyl (C=O) groups excluding carboxylic acids is 9. The highest BCUT2D eigenvalue weighted by Gasteiger charge is 2.24. The van der Waals surface area contributed by atoms with E-state index in [-0.39, 0.29) is 47.3 Å². The predicted molar refractivity (Wildman–Crippen MR) is 203 cm³/mol. The molecule has 1 aromatic rings. The van der Waals surface area contributed by atoms with Gasteiger partial charge in [-0.2, -0.15) is 0 Å². The van der Waals surface area contributed by atoms with Crippen molar-refractivity contribution in [1.29, 1.82) is 0 Å². The zero-order valence-electron chi connectivity index (χ0n) is 33.2. The molecular formula is C39H53ClO15. The van der Waals surface area contributed by atoms with Gasteiger partial charge in [-0.15, -0.1) is 0 Å². The minimum absolute atomic E-state index is 0. The number of aromatic hydroxyl groups is 2. The summed E-state index contributed by atoms with van der Waals surface area (Å²) in [5, 5.41) is 18.3. The van der Waals surface area contributed by atoms with Crippen LogP contribution >= 0.6 is 11.6 Å². The third-order valence-electron chi connectivity index (χ3n) is 7.05. The predicted octanol–water partition coefficient (Wildman–Crippen LogP) is 6.72. The molecule has 0 saturated carbocycles. The van der Waals surface area contributed by atoms with Crippen LogP contribution in [0, 0.1) is 20.8 Å². The average molecular weight is 797 g/mol. The summed E-state index contributed by atoms with van der Waals surface area (Å²) >= 11 is 4.64. The van der Waals surface area contributed by atoms with E-state index in [1.54, 1.807) is 75.3 Å². The molecule has 3 rings (SSSR count). The van der Waals surface area contributed by atoms with Crippen LogP contribution < -0.4 is 0 Å². The van der Waals surface area contributed by atoms with Crippen molar-refractivity contribution in [1.82, 2.24) is 0 Å². The van der Waals surface area contributed by atoms with Gasteiger partial charge in [0.2, 0.25) is 5.24 Å². The number of hydrogen-bond acceptors (Lipinski definition) is 15. The summed E-state index contributed by atoms with van der Waals surface area (Å²) in [6.07, 6.45) is 1.39. The lowest BCUT2D eigenvalue weighted by atomic mass is 9.87. The molecule has 0 radical (unpaired) electrons. The van der Waals surface area contributed by atoms with Crippen LogP contribution in [-0.2, 0) is 62.7 Å². The van der Waals surface area contributed by atoms with Crippen molar-refractivity contribution < 1.29 is 72.9 Å². The van der Waals surface area contributed by atoms with Crippen molar-refractivity contribution >= 4 is 63.9 Å². The zero-order valence-corrected chi connectivity index (χ0v) is 34.0. The number of phenols is 2. The first-order valence-corrected chi connectivity index (χ1v) is 16.2. The summed E-state index contributed by atoms with van der Waals surface area (Å²) in [4.78, 5) is 109. The second kappa shape index (κ2) is 27.0. The molecule has 2 aliphatic rings. The summed E-state index contributed by atoms with van der Waals surface area (Å²) in [7, 11) is 0. The minimum atomic E-state index is -0.639. The maximum Gasteiger partial charge on any atom is 0.352 e. The largest absolute Gasteiger partial charge is 0.508 e. The van der Waals surface area contributed by atoms with Gasteiger partial charge in [0.1, 0.15) is 11.5 Å². The molecular weight excluding hydrogens is 744 g/mol. The number of aryl methyl sites for hydroxylation is 1. The molecule has 0 spiro atoms. The van der Waals surface area contributed by atoms with Crippen LogP contribution in [0.2, 0.25) is 0 Å². The van der Waals surface area contributed by atoms with Crippen LogP contribution in [0.5, 0.6) is 11.5 Å². The van der Waals surface area contributed by atoms with E-state index < -0.39 is 23.9 Å². The van der Waals surface area contributed by atoms with Gasteiger partial charge >= 0.3 is 23.9 Å². The normalized spacial score (nSPS) is 12.8. The SMILES string of the molecule is C.CC(=O)Cl.CC(=O)OOC(C)=O.CC(=O)OOC(C)=O.CC1=C(C)C(=O)C(C)=C(C)C1=O.CC1=CC(=O)C(C)=C(C)C1=O.Cc1cc(O)c(C)c(C)c1O. The van der Waals surface area contributed by atoms with Gasteiger partial charge in [-0.3, -0.25) is 24.0 Å². The van der Waals surface area contributed by atoms with Crippen molar-refractivity contribution in [3.05, 3.63) is 67.8 Å². The highest BCUT2D eigenvalue weighted by Crippen LogP contribution is 2.30. The number of phenolic OH excluding ortho intramolecular Hbond substituents is 2. The van der Waals surface area contributed by atoms with Crippen LogP contribution in [0.4, 0.5) is 0 Å². The summed E-state index contributed by atoms with van der Waals surface area (Å²) in [5.41, 5.74) is 6.24. The maximum atomic E-state index is 11.4. The third kappa shape index (κ3) is 22.2. The number of Topliss-reactive ketones (excluding diaryl/α,β-unsaturated/α-hetero) is 3. The molecule has 55 heavy (non-hydrogen) atoms. The van der Waals surface area contributed by atoms with E-state index in [0.29, 0.717) is 44.6 Å². The van der Waals surface area contributed by atoms with Crippen molar-refractivity contribution in [2.75, 3.05) is 0 Å². The average Bonchev–Trinajstić information content (AvgIpc) is 3.08. The number of halogens is 1. The Morgan fingerprint density at radius 1 is 0.509 bits per heavy atom. The Morgan fingerprint density at radius 3 is 1.05 bits per heavy atom. The van der Waals surface area contributed by atoms with E-state index in [9.17, 15) is 53.4 Å². The Labute approximate surface area is 326 Å². The Morgan fingerprint density at radius 2 is 0.782 bits per heavy atom. The molecule has 1 aromatic carbocycles. The Bertz CT molecular complexity index is 1640. The molecule has 0 saturated heterocycles. The van der Waals surface area contributed by atoms with E-state index in [2.05, 4.69) is 31.2 Å². The van der Waals surface area contributed by atoms with Crippen molar-refractivity contribution in [2.45, 2.75) is 111 Å². The molecule has 0 heterocycles. The summed E-state index contributed by atoms with van der Waals surface area (Å²) in [6, 6.07) is 1.57. The van der Waals surface area contributed by atoms with Gasteiger partial charge in [0.15, 0.2) is 23.1 Å². The summed E-state index contributed by atoms with van der Waals surface area (Å²) < 4.78 is 0. The first-order valence-electron chi connectivity index (χ1n) is 15.8. The zero-order chi connectivity index (χ0) is 43.4. The van der Waals surface area contributed by atoms with E-state index in [1.165, 1.54) is 13.0 Å². The first kappa shape index (κ1) is 56.0. The standard InChI is InChI=1S/C10H12O2.C9H12O2.C9H10O2.2C4H6O4.C2H3ClO.CH4/c1-5-6(2)10(12)8(4)7(3)9(5)11;2*1-5-4-8(10)6(2)7(3)9(5)11;2*1-3(5)7-8-4(2)6;1-2(3)4;/h1-4H3;4,10-11H,1-3H3;4H,1-3H3;2*1-2H3;1H3;1H4. The van der Waals surface area contributed by atoms with Gasteiger partial charge in [0.25, 0.3) is 0 Å². The number of allylic oxidation sites excluding steroid dienone is 8. The lowest BCUT2D eigenvalue weighted by Crippen LogP contribution is -2.18. The van der Waals surface area contributed by atoms with Gasteiger partial charge in [0, 0.05) is 73.6 Å². The van der Waals surface area contributed by atoms with Gasteiger partial charge in [-0.05, 0) is 110 Å². The molecule has 0 unspecified atom stereocenters. The lowest BCUT2D eigenvalue weighted by Gasteiger charge is -2.15. The Kier molecular flexibility index (Phi) is 27.5. The van der Waals surface area contributed by atoms with Gasteiger partial charge < -0.3 is 10.2 Å². The second-order valence-corrected chi connectivity index (χ2v) is 12.0. The number of hydrogen-bond donors (Lipinski definition) is 2. The number of carbonyl (C=O) groups is 9. The van der Waals surface area contributed by atoms with Crippen LogP contribution in [0.25, 0.3) is 0 Å². The minimum Gasteiger partial charge on any atom is -0.508 e. The monoisotopic (exact) mass is 796 g/mol. The third-order valence-corrected chi connectivity index (χ3v) is 7.05. The van der Waals surface area contributed by atoms with E-state index >= 15 is 0 Å².